The van der Waals surface area contributed by atoms with Gasteiger partial charge in [0, 0.05) is 11.8 Å². The van der Waals surface area contributed by atoms with E-state index < -0.39 is 0 Å². The molecule has 1 heterocycles. The van der Waals surface area contributed by atoms with Crippen LogP contribution in [0.3, 0.4) is 0 Å². The molecule has 5 aliphatic rings. The van der Waals surface area contributed by atoms with Crippen LogP contribution < -0.4 is 0 Å². The Morgan fingerprint density at radius 3 is 2.57 bits per heavy atom. The highest BCUT2D eigenvalue weighted by molar-refractivity contribution is 5.71. The molecule has 0 aromatic heterocycles. The van der Waals surface area contributed by atoms with Crippen molar-refractivity contribution < 1.29 is 9.53 Å². The van der Waals surface area contributed by atoms with E-state index in [1.54, 1.807) is 0 Å². The first kappa shape index (κ1) is 21.3. The van der Waals surface area contributed by atoms with Gasteiger partial charge in [-0.2, -0.15) is 0 Å². The summed E-state index contributed by atoms with van der Waals surface area (Å²) in [5.41, 5.74) is 1.29. The van der Waals surface area contributed by atoms with E-state index in [4.69, 9.17) is 4.74 Å². The average Bonchev–Trinajstić information content (AvgIpc) is 3.25. The Kier molecular flexibility index (Phi) is 5.15. The van der Waals surface area contributed by atoms with Crippen molar-refractivity contribution in [2.24, 2.45) is 57.7 Å². The number of hydrogen-bond donors (Lipinski definition) is 0. The van der Waals surface area contributed by atoms with Crippen LogP contribution in [0.15, 0.2) is 0 Å². The van der Waals surface area contributed by atoms with E-state index in [0.717, 1.165) is 42.1 Å². The van der Waals surface area contributed by atoms with Crippen molar-refractivity contribution in [3.8, 4) is 0 Å². The van der Waals surface area contributed by atoms with Crippen LogP contribution in [0, 0.1) is 57.7 Å². The van der Waals surface area contributed by atoms with E-state index in [1.165, 1.54) is 64.2 Å². The molecular weight excluding hydrogens is 368 g/mol. The molecule has 1 spiro atoms. The Morgan fingerprint density at radius 1 is 1.00 bits per heavy atom. The zero-order chi connectivity index (χ0) is 21.3. The third-order valence-electron chi connectivity index (χ3n) is 11.9. The summed E-state index contributed by atoms with van der Waals surface area (Å²) >= 11 is 0. The lowest BCUT2D eigenvalue weighted by molar-refractivity contribution is -0.164. The highest BCUT2D eigenvalue weighted by atomic mass is 16.5. The molecule has 30 heavy (non-hydrogen) atoms. The number of rotatable bonds is 5. The van der Waals surface area contributed by atoms with Gasteiger partial charge in [0.1, 0.15) is 0 Å². The minimum absolute atomic E-state index is 0.0748. The molecule has 4 saturated carbocycles. The zero-order valence-corrected chi connectivity index (χ0v) is 20.3. The lowest BCUT2D eigenvalue weighted by Crippen LogP contribution is -2.47. The van der Waals surface area contributed by atoms with E-state index in [9.17, 15) is 4.79 Å². The molecule has 0 bridgehead atoms. The monoisotopic (exact) mass is 414 g/mol. The maximum Gasteiger partial charge on any atom is 0.306 e. The first-order chi connectivity index (χ1) is 14.2. The minimum Gasteiger partial charge on any atom is -0.465 e. The number of carbonyl (C=O) groups is 1. The van der Waals surface area contributed by atoms with Gasteiger partial charge >= 0.3 is 5.97 Å². The smallest absolute Gasteiger partial charge is 0.306 e. The highest BCUT2D eigenvalue weighted by Gasteiger charge is 2.72. The van der Waals surface area contributed by atoms with Crippen LogP contribution in [-0.4, -0.2) is 12.6 Å². The van der Waals surface area contributed by atoms with Crippen molar-refractivity contribution in [1.29, 1.82) is 0 Å². The SMILES string of the molecule is CC(C)CCC[C@@H](C)[C@H]1CC[C@H]2[C@@H]3C[C@]45COC(=O)C[C@H]4CC[C@]5(C)[C@H]3CC[C@]12C. The molecule has 0 aromatic carbocycles. The second-order valence-electron chi connectivity index (χ2n) is 13.3. The third kappa shape index (κ3) is 2.83. The van der Waals surface area contributed by atoms with Crippen molar-refractivity contribution >= 4 is 5.97 Å². The maximum absolute atomic E-state index is 12.1. The molecular formula is C28H46O2. The Bertz CT molecular complexity index is 684. The van der Waals surface area contributed by atoms with E-state index in [1.807, 2.05) is 0 Å². The molecule has 5 fully saturated rings. The lowest BCUT2D eigenvalue weighted by atomic mass is 9.54. The Labute approximate surface area is 185 Å². The number of ether oxygens (including phenoxy) is 1. The summed E-state index contributed by atoms with van der Waals surface area (Å²) in [6.45, 7) is 13.3. The summed E-state index contributed by atoms with van der Waals surface area (Å²) in [6.07, 6.45) is 14.7. The highest BCUT2D eigenvalue weighted by Crippen LogP contribution is 2.77. The summed E-state index contributed by atoms with van der Waals surface area (Å²) in [6, 6.07) is 0. The van der Waals surface area contributed by atoms with E-state index in [-0.39, 0.29) is 5.97 Å². The second kappa shape index (κ2) is 7.24. The molecule has 9 atom stereocenters. The van der Waals surface area contributed by atoms with E-state index in [2.05, 4.69) is 34.6 Å². The molecule has 170 valence electrons. The van der Waals surface area contributed by atoms with Gasteiger partial charge in [-0.3, -0.25) is 4.79 Å². The summed E-state index contributed by atoms with van der Waals surface area (Å²) < 4.78 is 5.79. The normalized spacial score (nSPS) is 50.6. The van der Waals surface area contributed by atoms with E-state index >= 15 is 0 Å². The Balaban J connectivity index is 1.35. The van der Waals surface area contributed by atoms with Crippen LogP contribution in [0.2, 0.25) is 0 Å². The first-order valence-corrected chi connectivity index (χ1v) is 13.4. The fraction of sp³-hybridized carbons (Fsp3) is 0.964. The van der Waals surface area contributed by atoms with Gasteiger partial charge in [-0.1, -0.05) is 53.9 Å². The minimum atomic E-state index is 0.0748. The number of cyclic esters (lactones) is 1. The van der Waals surface area contributed by atoms with Crippen LogP contribution in [0.1, 0.15) is 105 Å². The molecule has 0 radical (unpaired) electrons. The Morgan fingerprint density at radius 2 is 1.80 bits per heavy atom. The van der Waals surface area contributed by atoms with Crippen molar-refractivity contribution in [3.63, 3.8) is 0 Å². The molecule has 1 saturated heterocycles. The van der Waals surface area contributed by atoms with Crippen LogP contribution in [0.25, 0.3) is 0 Å². The molecule has 0 aromatic rings. The predicted molar refractivity (Wildman–Crippen MR) is 122 cm³/mol. The van der Waals surface area contributed by atoms with Gasteiger partial charge in [0.25, 0.3) is 0 Å². The molecule has 1 aliphatic heterocycles. The van der Waals surface area contributed by atoms with Gasteiger partial charge in [0.05, 0.1) is 6.61 Å². The predicted octanol–water partition coefficient (Wildman–Crippen LogP) is 7.26. The van der Waals surface area contributed by atoms with Gasteiger partial charge in [-0.15, -0.1) is 0 Å². The van der Waals surface area contributed by atoms with Crippen molar-refractivity contribution in [3.05, 3.63) is 0 Å². The average molecular weight is 415 g/mol. The number of carbonyl (C=O) groups excluding carboxylic acids is 1. The van der Waals surface area contributed by atoms with Crippen LogP contribution in [-0.2, 0) is 9.53 Å². The summed E-state index contributed by atoms with van der Waals surface area (Å²) in [4.78, 5) is 12.1. The fourth-order valence-corrected chi connectivity index (χ4v) is 10.3. The standard InChI is InChI=1S/C28H46O2/c1-18(2)7-6-8-19(3)22-9-10-23-21-16-28-17-30-25(29)15-20(28)11-14-27(28,5)24(21)12-13-26(22,23)4/h18-24H,6-17H2,1-5H3/t19-,20-,21+,22-,23+,24+,26-,27-,28+/m1/s1. The molecule has 2 nitrogen and oxygen atoms in total. The number of esters is 1. The molecule has 0 N–H and O–H groups in total. The first-order valence-electron chi connectivity index (χ1n) is 13.4. The largest absolute Gasteiger partial charge is 0.465 e. The summed E-state index contributed by atoms with van der Waals surface area (Å²) in [7, 11) is 0. The molecule has 0 unspecified atom stereocenters. The second-order valence-corrected chi connectivity index (χ2v) is 13.3. The molecule has 2 heteroatoms. The van der Waals surface area contributed by atoms with Gasteiger partial charge in [0.15, 0.2) is 0 Å². The van der Waals surface area contributed by atoms with Crippen molar-refractivity contribution in [2.75, 3.05) is 6.61 Å². The summed E-state index contributed by atoms with van der Waals surface area (Å²) in [5.74, 6) is 6.03. The maximum atomic E-state index is 12.1. The fourth-order valence-electron chi connectivity index (χ4n) is 10.3. The van der Waals surface area contributed by atoms with Gasteiger partial charge in [0.2, 0.25) is 0 Å². The Hall–Kier alpha value is -0.530. The van der Waals surface area contributed by atoms with Crippen LogP contribution in [0.5, 0.6) is 0 Å². The van der Waals surface area contributed by atoms with Crippen molar-refractivity contribution in [2.45, 2.75) is 105 Å². The quantitative estimate of drug-likeness (QED) is 0.442. The summed E-state index contributed by atoms with van der Waals surface area (Å²) in [5, 5.41) is 0. The third-order valence-corrected chi connectivity index (χ3v) is 11.9. The van der Waals surface area contributed by atoms with Crippen LogP contribution in [0.4, 0.5) is 0 Å². The zero-order valence-electron chi connectivity index (χ0n) is 20.3. The van der Waals surface area contributed by atoms with Gasteiger partial charge in [-0.05, 0) is 97.2 Å². The lowest BCUT2D eigenvalue weighted by Gasteiger charge is -2.51. The van der Waals surface area contributed by atoms with E-state index in [0.29, 0.717) is 28.6 Å². The van der Waals surface area contributed by atoms with Gasteiger partial charge in [-0.25, -0.2) is 0 Å². The van der Waals surface area contributed by atoms with Gasteiger partial charge < -0.3 is 4.74 Å². The molecule has 4 aliphatic carbocycles. The molecule has 5 rings (SSSR count). The number of hydrogen-bond acceptors (Lipinski definition) is 2. The topological polar surface area (TPSA) is 26.3 Å². The van der Waals surface area contributed by atoms with Crippen LogP contribution >= 0.6 is 0 Å². The molecule has 0 amide bonds. The van der Waals surface area contributed by atoms with Crippen molar-refractivity contribution in [1.82, 2.24) is 0 Å². The number of fused-ring (bicyclic) bond motifs is 4.